The normalized spacial score (nSPS) is 8.09. The molecule has 0 unspecified atom stereocenters. The van der Waals surface area contributed by atoms with Crippen molar-refractivity contribution in [1.29, 1.82) is 0 Å². The van der Waals surface area contributed by atoms with E-state index in [0.29, 0.717) is 5.69 Å². The van der Waals surface area contributed by atoms with Crippen LogP contribution in [0.4, 0.5) is 0 Å². The maximum absolute atomic E-state index is 10.5. The molecular formula is C7H5NO3. The van der Waals surface area contributed by atoms with Crippen LogP contribution in [0.5, 0.6) is 0 Å². The Labute approximate surface area is 63.2 Å². The number of rotatable bonds is 0. The minimum absolute atomic E-state index is 0.412. The largest absolute Gasteiger partial charge is 0.459 e. The molecule has 0 aliphatic carbocycles. The number of hydrogen-bond donors (Lipinski definition) is 0. The number of hydrogen-bond acceptors (Lipinski definition) is 4. The summed E-state index contributed by atoms with van der Waals surface area (Å²) in [5.41, 5.74) is 0.412. The lowest BCUT2D eigenvalue weighted by molar-refractivity contribution is -0.133. The predicted octanol–water partition coefficient (Wildman–Crippen LogP) is 0.199. The van der Waals surface area contributed by atoms with E-state index >= 15 is 0 Å². The number of methoxy groups -OCH3 is 1. The molecule has 11 heavy (non-hydrogen) atoms. The number of nitrogens with zero attached hydrogens (tertiary/aromatic N) is 1. The van der Waals surface area contributed by atoms with E-state index in [1.54, 1.807) is 0 Å². The molecule has 0 amide bonds. The monoisotopic (exact) mass is 151 g/mol. The summed E-state index contributed by atoms with van der Waals surface area (Å²) in [5.74, 6) is 4.06. The topological polar surface area (TPSA) is 52.3 Å². The van der Waals surface area contributed by atoms with E-state index in [2.05, 4.69) is 26.0 Å². The highest BCUT2D eigenvalue weighted by Crippen LogP contribution is 1.89. The van der Waals surface area contributed by atoms with Crippen molar-refractivity contribution in [3.05, 3.63) is 18.4 Å². The van der Waals surface area contributed by atoms with Gasteiger partial charge in [-0.25, -0.2) is 9.78 Å². The van der Waals surface area contributed by atoms with Crippen LogP contribution in [0.25, 0.3) is 0 Å². The van der Waals surface area contributed by atoms with Gasteiger partial charge in [-0.3, -0.25) is 0 Å². The van der Waals surface area contributed by atoms with E-state index in [0.717, 1.165) is 0 Å². The lowest BCUT2D eigenvalue weighted by atomic mass is 10.5. The molecule has 4 heteroatoms. The first kappa shape index (κ1) is 7.35. The zero-order valence-corrected chi connectivity index (χ0v) is 5.83. The van der Waals surface area contributed by atoms with Crippen molar-refractivity contribution >= 4 is 5.97 Å². The Kier molecular flexibility index (Phi) is 2.28. The van der Waals surface area contributed by atoms with Gasteiger partial charge in [-0.1, -0.05) is 0 Å². The van der Waals surface area contributed by atoms with Crippen LogP contribution in [0.15, 0.2) is 17.1 Å². The zero-order chi connectivity index (χ0) is 8.10. The van der Waals surface area contributed by atoms with Gasteiger partial charge in [0.1, 0.15) is 6.26 Å². The molecule has 4 nitrogen and oxygen atoms in total. The number of esters is 1. The molecule has 0 aromatic carbocycles. The molecule has 0 saturated carbocycles. The number of carbonyl (C=O) groups excluding carboxylic acids is 1. The van der Waals surface area contributed by atoms with E-state index in [4.69, 9.17) is 0 Å². The van der Waals surface area contributed by atoms with Crippen molar-refractivity contribution < 1.29 is 13.9 Å². The Morgan fingerprint density at radius 3 is 3.18 bits per heavy atom. The number of ether oxygens (including phenoxy) is 1. The van der Waals surface area contributed by atoms with E-state index in [-0.39, 0.29) is 0 Å². The van der Waals surface area contributed by atoms with Gasteiger partial charge in [-0.2, -0.15) is 0 Å². The fourth-order valence-electron chi connectivity index (χ4n) is 0.440. The quantitative estimate of drug-likeness (QED) is 0.392. The molecule has 1 aromatic heterocycles. The van der Waals surface area contributed by atoms with Crippen LogP contribution < -0.4 is 0 Å². The molecule has 0 atom stereocenters. The lowest BCUT2D eigenvalue weighted by Crippen LogP contribution is -1.94. The molecule has 1 rings (SSSR count). The van der Waals surface area contributed by atoms with Gasteiger partial charge in [0, 0.05) is 5.92 Å². The summed E-state index contributed by atoms with van der Waals surface area (Å²) >= 11 is 0. The summed E-state index contributed by atoms with van der Waals surface area (Å²) in [6.45, 7) is 0. The summed E-state index contributed by atoms with van der Waals surface area (Å²) in [4.78, 5) is 14.1. The Hall–Kier alpha value is -1.76. The third-order valence-corrected chi connectivity index (χ3v) is 0.910. The van der Waals surface area contributed by atoms with E-state index < -0.39 is 5.97 Å². The van der Waals surface area contributed by atoms with Gasteiger partial charge in [0.15, 0.2) is 12.1 Å². The smallest absolute Gasteiger partial charge is 0.384 e. The van der Waals surface area contributed by atoms with Gasteiger partial charge >= 0.3 is 5.97 Å². The molecule has 1 heterocycles. The van der Waals surface area contributed by atoms with Crippen LogP contribution in [0.3, 0.4) is 0 Å². The van der Waals surface area contributed by atoms with Crippen molar-refractivity contribution in [3.63, 3.8) is 0 Å². The Balaban J connectivity index is 2.66. The van der Waals surface area contributed by atoms with E-state index in [1.807, 2.05) is 0 Å². The summed E-state index contributed by atoms with van der Waals surface area (Å²) in [5, 5.41) is 0. The molecule has 0 aliphatic heterocycles. The van der Waals surface area contributed by atoms with Gasteiger partial charge < -0.3 is 9.15 Å². The number of oxazole rings is 1. The van der Waals surface area contributed by atoms with Crippen molar-refractivity contribution in [3.8, 4) is 11.8 Å². The summed E-state index contributed by atoms with van der Waals surface area (Å²) < 4.78 is 8.89. The first-order chi connectivity index (χ1) is 5.33. The lowest BCUT2D eigenvalue weighted by Gasteiger charge is -1.82. The van der Waals surface area contributed by atoms with Gasteiger partial charge in [0.2, 0.25) is 0 Å². The number of carbonyl (C=O) groups is 1. The highest BCUT2D eigenvalue weighted by Gasteiger charge is 1.91. The van der Waals surface area contributed by atoms with Crippen LogP contribution >= 0.6 is 0 Å². The van der Waals surface area contributed by atoms with Crippen LogP contribution in [0.1, 0.15) is 5.69 Å². The Bertz CT molecular complexity index is 291. The van der Waals surface area contributed by atoms with E-state index in [9.17, 15) is 4.79 Å². The molecule has 0 bridgehead atoms. The minimum atomic E-state index is -0.590. The summed E-state index contributed by atoms with van der Waals surface area (Å²) in [6, 6.07) is 0. The average molecular weight is 151 g/mol. The SMILES string of the molecule is COC(=O)C#Cc1cocn1. The molecule has 0 radical (unpaired) electrons. The number of aromatic nitrogens is 1. The first-order valence-electron chi connectivity index (χ1n) is 2.81. The average Bonchev–Trinajstić information content (AvgIpc) is 2.52. The van der Waals surface area contributed by atoms with Crippen LogP contribution in [-0.4, -0.2) is 18.1 Å². The molecule has 0 fully saturated rings. The molecule has 0 saturated heterocycles. The molecule has 1 aromatic rings. The van der Waals surface area contributed by atoms with Crippen LogP contribution in [-0.2, 0) is 9.53 Å². The second kappa shape index (κ2) is 3.42. The second-order valence-corrected chi connectivity index (χ2v) is 1.62. The maximum atomic E-state index is 10.5. The summed E-state index contributed by atoms with van der Waals surface area (Å²) in [6.07, 6.45) is 2.58. The van der Waals surface area contributed by atoms with Gasteiger partial charge in [0.05, 0.1) is 7.11 Å². The van der Waals surface area contributed by atoms with Gasteiger partial charge in [0.25, 0.3) is 0 Å². The van der Waals surface area contributed by atoms with Crippen molar-refractivity contribution in [2.45, 2.75) is 0 Å². The third-order valence-electron chi connectivity index (χ3n) is 0.910. The third kappa shape index (κ3) is 2.14. The highest BCUT2D eigenvalue weighted by atomic mass is 16.5. The molecule has 0 N–H and O–H groups in total. The fraction of sp³-hybridized carbons (Fsp3) is 0.143. The minimum Gasteiger partial charge on any atom is -0.459 e. The Morgan fingerprint density at radius 1 is 1.82 bits per heavy atom. The first-order valence-corrected chi connectivity index (χ1v) is 2.81. The van der Waals surface area contributed by atoms with Crippen LogP contribution in [0, 0.1) is 11.8 Å². The highest BCUT2D eigenvalue weighted by molar-refractivity contribution is 5.88. The van der Waals surface area contributed by atoms with Crippen molar-refractivity contribution in [2.75, 3.05) is 7.11 Å². The molecule has 56 valence electrons. The Morgan fingerprint density at radius 2 is 2.64 bits per heavy atom. The zero-order valence-electron chi connectivity index (χ0n) is 5.83. The maximum Gasteiger partial charge on any atom is 0.384 e. The fourth-order valence-corrected chi connectivity index (χ4v) is 0.440. The van der Waals surface area contributed by atoms with Crippen LogP contribution in [0.2, 0.25) is 0 Å². The van der Waals surface area contributed by atoms with Crippen molar-refractivity contribution in [1.82, 2.24) is 4.98 Å². The predicted molar refractivity (Wildman–Crippen MR) is 35.4 cm³/mol. The standard InChI is InChI=1S/C7H5NO3/c1-10-7(9)3-2-6-4-11-5-8-6/h4-5H,1H3. The second-order valence-electron chi connectivity index (χ2n) is 1.62. The summed E-state index contributed by atoms with van der Waals surface area (Å²) in [7, 11) is 1.26. The molecular weight excluding hydrogens is 146 g/mol. The van der Waals surface area contributed by atoms with Crippen molar-refractivity contribution in [2.24, 2.45) is 0 Å². The van der Waals surface area contributed by atoms with E-state index in [1.165, 1.54) is 19.8 Å². The van der Waals surface area contributed by atoms with Gasteiger partial charge in [-0.05, 0) is 5.92 Å². The molecule has 0 aliphatic rings. The molecule has 0 spiro atoms. The van der Waals surface area contributed by atoms with Gasteiger partial charge in [-0.15, -0.1) is 0 Å².